The van der Waals surface area contributed by atoms with Gasteiger partial charge in [0.05, 0.1) is 36.1 Å². The fourth-order valence-electron chi connectivity index (χ4n) is 4.18. The van der Waals surface area contributed by atoms with Gasteiger partial charge in [0.1, 0.15) is 0 Å². The monoisotopic (exact) mass is 366 g/mol. The molecule has 2 unspecified atom stereocenters. The Labute approximate surface area is 157 Å². The Morgan fingerprint density at radius 3 is 2.74 bits per heavy atom. The van der Waals surface area contributed by atoms with Gasteiger partial charge in [-0.3, -0.25) is 14.4 Å². The van der Waals surface area contributed by atoms with Gasteiger partial charge in [-0.15, -0.1) is 0 Å². The molecule has 0 saturated carbocycles. The van der Waals surface area contributed by atoms with Crippen LogP contribution in [-0.4, -0.2) is 45.2 Å². The van der Waals surface area contributed by atoms with E-state index in [-0.39, 0.29) is 35.9 Å². The number of hydrogen-bond acceptors (Lipinski definition) is 4. The van der Waals surface area contributed by atoms with Gasteiger partial charge in [0.2, 0.25) is 11.8 Å². The predicted molar refractivity (Wildman–Crippen MR) is 98.7 cm³/mol. The number of carbonyl (C=O) groups excluding carboxylic acids is 2. The number of H-pyrrole nitrogens is 1. The molecule has 140 valence electrons. The van der Waals surface area contributed by atoms with Crippen molar-refractivity contribution < 1.29 is 9.59 Å². The Morgan fingerprint density at radius 1 is 1.19 bits per heavy atom. The van der Waals surface area contributed by atoms with Crippen molar-refractivity contribution in [3.63, 3.8) is 0 Å². The van der Waals surface area contributed by atoms with Gasteiger partial charge in [0, 0.05) is 26.4 Å². The average molecular weight is 366 g/mol. The molecule has 2 amide bonds. The van der Waals surface area contributed by atoms with Crippen LogP contribution in [0.15, 0.2) is 41.5 Å². The van der Waals surface area contributed by atoms with Gasteiger partial charge in [0.25, 0.3) is 5.56 Å². The molecule has 1 N–H and O–H groups in total. The van der Waals surface area contributed by atoms with Crippen LogP contribution in [0.25, 0.3) is 0 Å². The van der Waals surface area contributed by atoms with Crippen LogP contribution in [0.4, 0.5) is 0 Å². The first-order valence-electron chi connectivity index (χ1n) is 9.21. The number of nitrogens with one attached hydrogen (secondary N) is 1. The summed E-state index contributed by atoms with van der Waals surface area (Å²) in [6, 6.07) is 9.40. The molecule has 0 spiro atoms. The standard InChI is InChI=1S/C20H22N4O3/c1-23-17(25)8-7-14(18(23)13-5-3-2-4-6-13)20(27)24-10-9-16-15(11-24)19(26)22-12-21-16/h2-6,12,14,18H,7-11H2,1H3,(H,21,22,26). The molecular formula is C20H22N4O3. The highest BCUT2D eigenvalue weighted by molar-refractivity contribution is 5.85. The van der Waals surface area contributed by atoms with Crippen molar-refractivity contribution in [3.05, 3.63) is 63.8 Å². The van der Waals surface area contributed by atoms with Crippen LogP contribution in [0, 0.1) is 5.92 Å². The Morgan fingerprint density at radius 2 is 1.96 bits per heavy atom. The highest BCUT2D eigenvalue weighted by atomic mass is 16.2. The van der Waals surface area contributed by atoms with E-state index in [1.165, 1.54) is 6.33 Å². The summed E-state index contributed by atoms with van der Waals surface area (Å²) in [6.07, 6.45) is 2.87. The molecule has 27 heavy (non-hydrogen) atoms. The number of amides is 2. The zero-order valence-corrected chi connectivity index (χ0v) is 15.2. The average Bonchev–Trinajstić information content (AvgIpc) is 2.70. The largest absolute Gasteiger partial charge is 0.338 e. The second-order valence-corrected chi connectivity index (χ2v) is 7.17. The fourth-order valence-corrected chi connectivity index (χ4v) is 4.18. The van der Waals surface area contributed by atoms with Gasteiger partial charge in [-0.25, -0.2) is 4.98 Å². The Hall–Kier alpha value is -2.96. The Bertz CT molecular complexity index is 924. The van der Waals surface area contributed by atoms with Gasteiger partial charge in [0.15, 0.2) is 0 Å². The zero-order chi connectivity index (χ0) is 19.0. The van der Waals surface area contributed by atoms with E-state index in [1.54, 1.807) is 16.8 Å². The van der Waals surface area contributed by atoms with Crippen molar-refractivity contribution in [2.75, 3.05) is 13.6 Å². The number of rotatable bonds is 2. The number of fused-ring (bicyclic) bond motifs is 1. The van der Waals surface area contributed by atoms with E-state index in [0.717, 1.165) is 11.3 Å². The van der Waals surface area contributed by atoms with E-state index in [0.29, 0.717) is 31.4 Å². The van der Waals surface area contributed by atoms with E-state index in [1.807, 2.05) is 30.3 Å². The van der Waals surface area contributed by atoms with Crippen LogP contribution in [0.5, 0.6) is 0 Å². The summed E-state index contributed by atoms with van der Waals surface area (Å²) < 4.78 is 0. The summed E-state index contributed by atoms with van der Waals surface area (Å²) in [6.45, 7) is 0.810. The van der Waals surface area contributed by atoms with E-state index in [2.05, 4.69) is 9.97 Å². The minimum atomic E-state index is -0.313. The molecule has 1 saturated heterocycles. The molecule has 4 rings (SSSR count). The molecule has 2 aliphatic rings. The maximum atomic E-state index is 13.4. The number of benzene rings is 1. The number of carbonyl (C=O) groups is 2. The second kappa shape index (κ2) is 6.98. The van der Waals surface area contributed by atoms with Gasteiger partial charge in [-0.1, -0.05) is 30.3 Å². The lowest BCUT2D eigenvalue weighted by Gasteiger charge is -2.41. The highest BCUT2D eigenvalue weighted by Gasteiger charge is 2.41. The third kappa shape index (κ3) is 3.13. The first kappa shape index (κ1) is 17.5. The third-order valence-electron chi connectivity index (χ3n) is 5.64. The summed E-state index contributed by atoms with van der Waals surface area (Å²) >= 11 is 0. The summed E-state index contributed by atoms with van der Waals surface area (Å²) in [5, 5.41) is 0. The van der Waals surface area contributed by atoms with Gasteiger partial charge >= 0.3 is 0 Å². The van der Waals surface area contributed by atoms with Crippen molar-refractivity contribution in [2.45, 2.75) is 31.8 Å². The van der Waals surface area contributed by atoms with E-state index in [4.69, 9.17) is 0 Å². The number of piperidine rings is 1. The molecule has 0 aliphatic carbocycles. The predicted octanol–water partition coefficient (Wildman–Crippen LogP) is 1.26. The van der Waals surface area contributed by atoms with Crippen molar-refractivity contribution in [3.8, 4) is 0 Å². The van der Waals surface area contributed by atoms with Crippen LogP contribution in [-0.2, 0) is 22.6 Å². The first-order valence-corrected chi connectivity index (χ1v) is 9.21. The minimum absolute atomic E-state index is 0.00268. The molecule has 1 aromatic heterocycles. The fraction of sp³-hybridized carbons (Fsp3) is 0.400. The minimum Gasteiger partial charge on any atom is -0.338 e. The van der Waals surface area contributed by atoms with Crippen LogP contribution in [0.3, 0.4) is 0 Å². The Balaban J connectivity index is 1.63. The van der Waals surface area contributed by atoms with Crippen LogP contribution >= 0.6 is 0 Å². The quantitative estimate of drug-likeness (QED) is 0.867. The zero-order valence-electron chi connectivity index (χ0n) is 15.2. The molecule has 7 nitrogen and oxygen atoms in total. The molecule has 3 heterocycles. The molecule has 0 radical (unpaired) electrons. The summed E-state index contributed by atoms with van der Waals surface area (Å²) in [7, 11) is 1.76. The van der Waals surface area contributed by atoms with E-state index < -0.39 is 0 Å². The number of likely N-dealkylation sites (tertiary alicyclic amines) is 1. The van der Waals surface area contributed by atoms with Crippen molar-refractivity contribution in [2.24, 2.45) is 5.92 Å². The first-order chi connectivity index (χ1) is 13.1. The van der Waals surface area contributed by atoms with Crippen molar-refractivity contribution in [1.82, 2.24) is 19.8 Å². The molecule has 0 bridgehead atoms. The molecule has 1 fully saturated rings. The lowest BCUT2D eigenvalue weighted by Crippen LogP contribution is -2.49. The number of nitrogens with zero attached hydrogens (tertiary/aromatic N) is 3. The maximum Gasteiger partial charge on any atom is 0.255 e. The van der Waals surface area contributed by atoms with Crippen molar-refractivity contribution in [1.29, 1.82) is 0 Å². The lowest BCUT2D eigenvalue weighted by atomic mass is 9.83. The smallest absolute Gasteiger partial charge is 0.255 e. The van der Waals surface area contributed by atoms with E-state index >= 15 is 0 Å². The van der Waals surface area contributed by atoms with Crippen LogP contribution < -0.4 is 5.56 Å². The molecule has 2 aromatic rings. The van der Waals surface area contributed by atoms with Gasteiger partial charge in [-0.2, -0.15) is 0 Å². The van der Waals surface area contributed by atoms with Gasteiger partial charge < -0.3 is 14.8 Å². The summed E-state index contributed by atoms with van der Waals surface area (Å²) in [5.41, 5.74) is 2.10. The number of aromatic amines is 1. The molecular weight excluding hydrogens is 344 g/mol. The maximum absolute atomic E-state index is 13.4. The highest BCUT2D eigenvalue weighted by Crippen LogP contribution is 2.37. The summed E-state index contributed by atoms with van der Waals surface area (Å²) in [5.74, 6) is -0.262. The Kier molecular flexibility index (Phi) is 4.51. The van der Waals surface area contributed by atoms with E-state index in [9.17, 15) is 14.4 Å². The topological polar surface area (TPSA) is 86.4 Å². The summed E-state index contributed by atoms with van der Waals surface area (Å²) in [4.78, 5) is 48.0. The molecule has 7 heteroatoms. The van der Waals surface area contributed by atoms with Crippen LogP contribution in [0.2, 0.25) is 0 Å². The third-order valence-corrected chi connectivity index (χ3v) is 5.64. The SMILES string of the molecule is CN1C(=O)CCC(C(=O)N2CCc3nc[nH]c(=O)c3C2)C1c1ccccc1. The molecule has 2 aliphatic heterocycles. The molecule has 1 aromatic carbocycles. The van der Waals surface area contributed by atoms with Crippen LogP contribution in [0.1, 0.15) is 35.7 Å². The second-order valence-electron chi connectivity index (χ2n) is 7.17. The molecule has 2 atom stereocenters. The van der Waals surface area contributed by atoms with Crippen molar-refractivity contribution >= 4 is 11.8 Å². The number of hydrogen-bond donors (Lipinski definition) is 1. The lowest BCUT2D eigenvalue weighted by molar-refractivity contribution is -0.147. The van der Waals surface area contributed by atoms with Gasteiger partial charge in [-0.05, 0) is 12.0 Å². The normalized spacial score (nSPS) is 22.5. The number of aromatic nitrogens is 2.